The standard InChI is InChI=1S/C17H26N2O5/c1-3-23-10-11-24-13(2)16(21)18-8-5-9-19-17(22)14-6-4-7-15(20)12-14/h4,6-7,12-13,20H,3,5,8-11H2,1-2H3,(H,18,21)(H,19,22). The second-order valence-corrected chi connectivity index (χ2v) is 5.16. The molecule has 0 aromatic heterocycles. The van der Waals surface area contributed by atoms with Crippen LogP contribution >= 0.6 is 0 Å². The van der Waals surface area contributed by atoms with Crippen molar-refractivity contribution in [3.8, 4) is 5.75 Å². The lowest BCUT2D eigenvalue weighted by molar-refractivity contribution is -0.132. The Labute approximate surface area is 142 Å². The highest BCUT2D eigenvalue weighted by Gasteiger charge is 2.12. The average Bonchev–Trinajstić information content (AvgIpc) is 2.57. The second kappa shape index (κ2) is 11.4. The summed E-state index contributed by atoms with van der Waals surface area (Å²) in [6.45, 7) is 5.92. The summed E-state index contributed by atoms with van der Waals surface area (Å²) in [5, 5.41) is 14.8. The van der Waals surface area contributed by atoms with Crippen LogP contribution in [0.4, 0.5) is 0 Å². The maximum absolute atomic E-state index is 11.8. The predicted octanol–water partition coefficient (Wildman–Crippen LogP) is 1.07. The van der Waals surface area contributed by atoms with Gasteiger partial charge in [-0.2, -0.15) is 0 Å². The van der Waals surface area contributed by atoms with Crippen LogP contribution in [0.3, 0.4) is 0 Å². The molecule has 1 atom stereocenters. The van der Waals surface area contributed by atoms with Gasteiger partial charge in [-0.25, -0.2) is 0 Å². The molecule has 2 amide bonds. The van der Waals surface area contributed by atoms with E-state index < -0.39 is 6.10 Å². The molecule has 7 nitrogen and oxygen atoms in total. The van der Waals surface area contributed by atoms with E-state index >= 15 is 0 Å². The number of amides is 2. The number of carbonyl (C=O) groups is 2. The summed E-state index contributed by atoms with van der Waals surface area (Å²) >= 11 is 0. The molecule has 1 aromatic carbocycles. The third-order valence-electron chi connectivity index (χ3n) is 3.22. The third-order valence-corrected chi connectivity index (χ3v) is 3.22. The van der Waals surface area contributed by atoms with Crippen LogP contribution in [0.2, 0.25) is 0 Å². The van der Waals surface area contributed by atoms with Gasteiger partial charge in [-0.05, 0) is 38.5 Å². The Bertz CT molecular complexity index is 521. The Balaban J connectivity index is 2.12. The van der Waals surface area contributed by atoms with E-state index in [2.05, 4.69) is 10.6 Å². The molecule has 7 heteroatoms. The molecule has 134 valence electrons. The van der Waals surface area contributed by atoms with E-state index in [0.717, 1.165) is 0 Å². The van der Waals surface area contributed by atoms with Crippen LogP contribution in [0.15, 0.2) is 24.3 Å². The Kier molecular flexibility index (Phi) is 9.48. The molecule has 24 heavy (non-hydrogen) atoms. The normalized spacial score (nSPS) is 11.8. The molecule has 0 radical (unpaired) electrons. The van der Waals surface area contributed by atoms with Gasteiger partial charge in [0, 0.05) is 25.3 Å². The fraction of sp³-hybridized carbons (Fsp3) is 0.529. The van der Waals surface area contributed by atoms with Gasteiger partial charge >= 0.3 is 0 Å². The van der Waals surface area contributed by atoms with Gasteiger partial charge in [0.05, 0.1) is 13.2 Å². The number of phenols is 1. The monoisotopic (exact) mass is 338 g/mol. The van der Waals surface area contributed by atoms with Crippen LogP contribution in [-0.2, 0) is 14.3 Å². The number of hydrogen-bond donors (Lipinski definition) is 3. The SMILES string of the molecule is CCOCCOC(C)C(=O)NCCCNC(=O)c1cccc(O)c1. The maximum atomic E-state index is 11.8. The summed E-state index contributed by atoms with van der Waals surface area (Å²) < 4.78 is 10.5. The predicted molar refractivity (Wildman–Crippen MR) is 90.0 cm³/mol. The lowest BCUT2D eigenvalue weighted by Gasteiger charge is -2.13. The molecule has 1 rings (SSSR count). The first-order chi connectivity index (χ1) is 11.5. The molecule has 0 aliphatic carbocycles. The van der Waals surface area contributed by atoms with Crippen LogP contribution in [0, 0.1) is 0 Å². The van der Waals surface area contributed by atoms with Gasteiger partial charge in [0.15, 0.2) is 0 Å². The summed E-state index contributed by atoms with van der Waals surface area (Å²) in [5.41, 5.74) is 0.398. The van der Waals surface area contributed by atoms with E-state index in [0.29, 0.717) is 44.9 Å². The van der Waals surface area contributed by atoms with Gasteiger partial charge in [0.2, 0.25) is 5.91 Å². The van der Waals surface area contributed by atoms with Gasteiger partial charge in [-0.1, -0.05) is 6.07 Å². The Hall–Kier alpha value is -2.12. The zero-order chi connectivity index (χ0) is 17.8. The van der Waals surface area contributed by atoms with E-state index in [1.54, 1.807) is 19.1 Å². The van der Waals surface area contributed by atoms with Crippen molar-refractivity contribution in [3.05, 3.63) is 29.8 Å². The largest absolute Gasteiger partial charge is 0.508 e. The van der Waals surface area contributed by atoms with Gasteiger partial charge in [-0.3, -0.25) is 9.59 Å². The van der Waals surface area contributed by atoms with Crippen molar-refractivity contribution in [1.82, 2.24) is 10.6 Å². The number of benzene rings is 1. The Morgan fingerprint density at radius 3 is 2.67 bits per heavy atom. The number of ether oxygens (including phenoxy) is 2. The van der Waals surface area contributed by atoms with Crippen molar-refractivity contribution in [1.29, 1.82) is 0 Å². The van der Waals surface area contributed by atoms with Crippen LogP contribution in [0.25, 0.3) is 0 Å². The first-order valence-corrected chi connectivity index (χ1v) is 8.09. The summed E-state index contributed by atoms with van der Waals surface area (Å²) in [4.78, 5) is 23.6. The molecule has 0 heterocycles. The number of hydrogen-bond acceptors (Lipinski definition) is 5. The van der Waals surface area contributed by atoms with E-state index in [-0.39, 0.29) is 17.6 Å². The van der Waals surface area contributed by atoms with Crippen LogP contribution in [0.5, 0.6) is 5.75 Å². The summed E-state index contributed by atoms with van der Waals surface area (Å²) in [6.07, 6.45) is 0.0643. The minimum atomic E-state index is -0.535. The van der Waals surface area contributed by atoms with E-state index in [1.165, 1.54) is 12.1 Å². The van der Waals surface area contributed by atoms with Crippen LogP contribution in [0.1, 0.15) is 30.6 Å². The van der Waals surface area contributed by atoms with Crippen molar-refractivity contribution >= 4 is 11.8 Å². The Morgan fingerprint density at radius 1 is 1.21 bits per heavy atom. The molecule has 1 aromatic rings. The van der Waals surface area contributed by atoms with Crippen LogP contribution < -0.4 is 10.6 Å². The van der Waals surface area contributed by atoms with Crippen molar-refractivity contribution in [2.45, 2.75) is 26.4 Å². The highest BCUT2D eigenvalue weighted by molar-refractivity contribution is 5.94. The quantitative estimate of drug-likeness (QED) is 0.525. The molecule has 0 aliphatic heterocycles. The van der Waals surface area contributed by atoms with E-state index in [1.807, 2.05) is 6.92 Å². The van der Waals surface area contributed by atoms with Gasteiger partial charge in [-0.15, -0.1) is 0 Å². The average molecular weight is 338 g/mol. The maximum Gasteiger partial charge on any atom is 0.251 e. The van der Waals surface area contributed by atoms with E-state index in [4.69, 9.17) is 9.47 Å². The van der Waals surface area contributed by atoms with E-state index in [9.17, 15) is 14.7 Å². The van der Waals surface area contributed by atoms with Crippen LogP contribution in [-0.4, -0.2) is 55.9 Å². The highest BCUT2D eigenvalue weighted by atomic mass is 16.5. The molecule has 0 spiro atoms. The first-order valence-electron chi connectivity index (χ1n) is 8.09. The van der Waals surface area contributed by atoms with Gasteiger partial charge < -0.3 is 25.2 Å². The number of carbonyl (C=O) groups excluding carboxylic acids is 2. The number of nitrogens with one attached hydrogen (secondary N) is 2. The minimum Gasteiger partial charge on any atom is -0.508 e. The molecule has 0 fully saturated rings. The molecule has 3 N–H and O–H groups in total. The second-order valence-electron chi connectivity index (χ2n) is 5.16. The topological polar surface area (TPSA) is 96.9 Å². The highest BCUT2D eigenvalue weighted by Crippen LogP contribution is 2.10. The smallest absolute Gasteiger partial charge is 0.251 e. The van der Waals surface area contributed by atoms with Gasteiger partial charge in [0.25, 0.3) is 5.91 Å². The molecular weight excluding hydrogens is 312 g/mol. The summed E-state index contributed by atoms with van der Waals surface area (Å²) in [7, 11) is 0. The summed E-state index contributed by atoms with van der Waals surface area (Å²) in [5.74, 6) is -0.399. The molecular formula is C17H26N2O5. The van der Waals surface area contributed by atoms with Crippen molar-refractivity contribution in [2.75, 3.05) is 32.9 Å². The van der Waals surface area contributed by atoms with Crippen molar-refractivity contribution in [3.63, 3.8) is 0 Å². The molecule has 0 saturated heterocycles. The number of aromatic hydroxyl groups is 1. The molecule has 0 saturated carbocycles. The van der Waals surface area contributed by atoms with Gasteiger partial charge in [0.1, 0.15) is 11.9 Å². The summed E-state index contributed by atoms with van der Waals surface area (Å²) in [6, 6.07) is 6.14. The fourth-order valence-electron chi connectivity index (χ4n) is 1.90. The number of phenolic OH excluding ortho intramolecular Hbond substituents is 1. The minimum absolute atomic E-state index is 0.0493. The zero-order valence-electron chi connectivity index (χ0n) is 14.2. The van der Waals surface area contributed by atoms with Crippen molar-refractivity contribution < 1.29 is 24.2 Å². The molecule has 1 unspecified atom stereocenters. The zero-order valence-corrected chi connectivity index (χ0v) is 14.2. The third kappa shape index (κ3) is 7.94. The fourth-order valence-corrected chi connectivity index (χ4v) is 1.90. The molecule has 0 aliphatic rings. The lowest BCUT2D eigenvalue weighted by Crippen LogP contribution is -2.37. The first kappa shape index (κ1) is 19.9. The molecule has 0 bridgehead atoms. The number of rotatable bonds is 11. The Morgan fingerprint density at radius 2 is 1.96 bits per heavy atom. The van der Waals surface area contributed by atoms with Crippen molar-refractivity contribution in [2.24, 2.45) is 0 Å². The lowest BCUT2D eigenvalue weighted by atomic mass is 10.2.